The van der Waals surface area contributed by atoms with Gasteiger partial charge < -0.3 is 20.1 Å². The van der Waals surface area contributed by atoms with Crippen LogP contribution in [0.3, 0.4) is 0 Å². The van der Waals surface area contributed by atoms with Crippen LogP contribution in [0.1, 0.15) is 24.1 Å². The second-order valence-corrected chi connectivity index (χ2v) is 5.05. The van der Waals surface area contributed by atoms with Gasteiger partial charge in [-0.2, -0.15) is 0 Å². The molecule has 2 unspecified atom stereocenters. The maximum absolute atomic E-state index is 5.86. The fourth-order valence-corrected chi connectivity index (χ4v) is 2.51. The molecule has 0 amide bonds. The van der Waals surface area contributed by atoms with Crippen LogP contribution >= 0.6 is 0 Å². The molecule has 0 spiro atoms. The van der Waals surface area contributed by atoms with Crippen LogP contribution in [0.4, 0.5) is 0 Å². The van der Waals surface area contributed by atoms with Gasteiger partial charge in [0.25, 0.3) is 0 Å². The lowest BCUT2D eigenvalue weighted by Gasteiger charge is -2.25. The van der Waals surface area contributed by atoms with Gasteiger partial charge in [0.1, 0.15) is 17.6 Å². The number of benzene rings is 1. The van der Waals surface area contributed by atoms with Gasteiger partial charge in [0.05, 0.1) is 13.2 Å². The number of nitrogens with two attached hydrogens (primary N) is 1. The monoisotopic (exact) mass is 250 g/mol. The van der Waals surface area contributed by atoms with E-state index in [4.69, 9.17) is 15.2 Å². The molecule has 1 aliphatic rings. The molecule has 0 aliphatic carbocycles. The third kappa shape index (κ3) is 2.31. The summed E-state index contributed by atoms with van der Waals surface area (Å²) in [5, 5.41) is 0. The van der Waals surface area contributed by atoms with Crippen LogP contribution in [0.15, 0.2) is 12.1 Å². The molecular formula is C14H22N2O2. The number of nitrogens with zero attached hydrogens (tertiary/aromatic N) is 1. The number of fused-ring (bicyclic) bond motifs is 1. The number of ether oxygens (including phenoxy) is 2. The van der Waals surface area contributed by atoms with Crippen molar-refractivity contribution >= 4 is 0 Å². The molecule has 4 heteroatoms. The Morgan fingerprint density at radius 2 is 2.22 bits per heavy atom. The van der Waals surface area contributed by atoms with Crippen LogP contribution in [0.25, 0.3) is 0 Å². The van der Waals surface area contributed by atoms with Gasteiger partial charge in [0.15, 0.2) is 0 Å². The second kappa shape index (κ2) is 5.16. The van der Waals surface area contributed by atoms with Gasteiger partial charge in [0.2, 0.25) is 0 Å². The zero-order valence-electron chi connectivity index (χ0n) is 11.6. The standard InChI is InChI=1S/C14H22N2O2/c1-9-5-10-6-14(17-4)11(7-13(10)18-9)12(8-15)16(2)3/h6-7,9,12H,5,8,15H2,1-4H3. The second-order valence-electron chi connectivity index (χ2n) is 5.05. The maximum Gasteiger partial charge on any atom is 0.124 e. The lowest BCUT2D eigenvalue weighted by atomic mass is 10.0. The summed E-state index contributed by atoms with van der Waals surface area (Å²) >= 11 is 0. The van der Waals surface area contributed by atoms with Gasteiger partial charge in [-0.05, 0) is 33.2 Å². The fraction of sp³-hybridized carbons (Fsp3) is 0.571. The molecule has 2 atom stereocenters. The highest BCUT2D eigenvalue weighted by Gasteiger charge is 2.25. The lowest BCUT2D eigenvalue weighted by Crippen LogP contribution is -2.27. The Labute approximate surface area is 109 Å². The van der Waals surface area contributed by atoms with Crippen molar-refractivity contribution in [3.8, 4) is 11.5 Å². The quantitative estimate of drug-likeness (QED) is 0.881. The number of methoxy groups -OCH3 is 1. The third-order valence-corrected chi connectivity index (χ3v) is 3.45. The molecule has 1 aliphatic heterocycles. The van der Waals surface area contributed by atoms with Crippen LogP contribution in [-0.4, -0.2) is 38.8 Å². The van der Waals surface area contributed by atoms with Crippen molar-refractivity contribution in [3.63, 3.8) is 0 Å². The van der Waals surface area contributed by atoms with Crippen LogP contribution in [0.2, 0.25) is 0 Å². The number of hydrogen-bond donors (Lipinski definition) is 1. The van der Waals surface area contributed by atoms with Crippen molar-refractivity contribution in [2.24, 2.45) is 5.73 Å². The van der Waals surface area contributed by atoms with E-state index in [1.807, 2.05) is 14.1 Å². The first kappa shape index (κ1) is 13.2. The maximum atomic E-state index is 5.86. The first-order valence-corrected chi connectivity index (χ1v) is 6.30. The largest absolute Gasteiger partial charge is 0.496 e. The van der Waals surface area contributed by atoms with E-state index in [2.05, 4.69) is 24.0 Å². The minimum Gasteiger partial charge on any atom is -0.496 e. The predicted molar refractivity (Wildman–Crippen MR) is 72.3 cm³/mol. The summed E-state index contributed by atoms with van der Waals surface area (Å²) in [6.45, 7) is 2.64. The molecular weight excluding hydrogens is 228 g/mol. The SMILES string of the molecule is COc1cc2c(cc1C(CN)N(C)C)OC(C)C2. The predicted octanol–water partition coefficient (Wildman–Crippen LogP) is 1.58. The molecule has 2 rings (SSSR count). The van der Waals surface area contributed by atoms with Gasteiger partial charge in [-0.25, -0.2) is 0 Å². The topological polar surface area (TPSA) is 47.7 Å². The summed E-state index contributed by atoms with van der Waals surface area (Å²) < 4.78 is 11.3. The molecule has 2 N–H and O–H groups in total. The van der Waals surface area contributed by atoms with Gasteiger partial charge in [0, 0.05) is 24.1 Å². The number of likely N-dealkylation sites (N-methyl/N-ethyl adjacent to an activating group) is 1. The molecule has 1 heterocycles. The molecule has 1 aromatic carbocycles. The molecule has 4 nitrogen and oxygen atoms in total. The Morgan fingerprint density at radius 1 is 1.50 bits per heavy atom. The Kier molecular flexibility index (Phi) is 3.78. The van der Waals surface area contributed by atoms with Gasteiger partial charge in [-0.1, -0.05) is 0 Å². The zero-order valence-corrected chi connectivity index (χ0v) is 11.6. The highest BCUT2D eigenvalue weighted by molar-refractivity contribution is 5.50. The van der Waals surface area contributed by atoms with Crippen molar-refractivity contribution in [2.75, 3.05) is 27.7 Å². The minimum absolute atomic E-state index is 0.143. The minimum atomic E-state index is 0.143. The summed E-state index contributed by atoms with van der Waals surface area (Å²) in [6, 6.07) is 4.31. The van der Waals surface area contributed by atoms with E-state index in [1.54, 1.807) is 7.11 Å². The van der Waals surface area contributed by atoms with Crippen molar-refractivity contribution in [1.82, 2.24) is 4.90 Å². The average molecular weight is 250 g/mol. The average Bonchev–Trinajstić information content (AvgIpc) is 2.67. The van der Waals surface area contributed by atoms with E-state index in [-0.39, 0.29) is 12.1 Å². The summed E-state index contributed by atoms with van der Waals surface area (Å²) in [4.78, 5) is 2.10. The highest BCUT2D eigenvalue weighted by Crippen LogP contribution is 2.38. The van der Waals surface area contributed by atoms with Gasteiger partial charge in [-0.15, -0.1) is 0 Å². The van der Waals surface area contributed by atoms with E-state index < -0.39 is 0 Å². The normalized spacial score (nSPS) is 19.6. The number of rotatable bonds is 4. The molecule has 0 saturated carbocycles. The Hall–Kier alpha value is -1.26. The van der Waals surface area contributed by atoms with Crippen molar-refractivity contribution in [2.45, 2.75) is 25.5 Å². The van der Waals surface area contributed by atoms with Gasteiger partial charge in [-0.3, -0.25) is 0 Å². The lowest BCUT2D eigenvalue weighted by molar-refractivity contribution is 0.253. The van der Waals surface area contributed by atoms with E-state index >= 15 is 0 Å². The van der Waals surface area contributed by atoms with Crippen molar-refractivity contribution < 1.29 is 9.47 Å². The van der Waals surface area contributed by atoms with Crippen LogP contribution in [0.5, 0.6) is 11.5 Å². The van der Waals surface area contributed by atoms with Crippen LogP contribution in [-0.2, 0) is 6.42 Å². The molecule has 100 valence electrons. The summed E-state index contributed by atoms with van der Waals surface area (Å²) in [5.41, 5.74) is 8.18. The van der Waals surface area contributed by atoms with Crippen molar-refractivity contribution in [3.05, 3.63) is 23.3 Å². The molecule has 0 aromatic heterocycles. The molecule has 1 aromatic rings. The van der Waals surface area contributed by atoms with E-state index in [1.165, 1.54) is 5.56 Å². The first-order chi connectivity index (χ1) is 8.56. The van der Waals surface area contributed by atoms with Crippen LogP contribution in [0, 0.1) is 0 Å². The fourth-order valence-electron chi connectivity index (χ4n) is 2.51. The molecule has 0 radical (unpaired) electrons. The first-order valence-electron chi connectivity index (χ1n) is 6.30. The zero-order chi connectivity index (χ0) is 13.3. The van der Waals surface area contributed by atoms with E-state index in [0.717, 1.165) is 23.5 Å². The smallest absolute Gasteiger partial charge is 0.124 e. The molecule has 0 fully saturated rings. The van der Waals surface area contributed by atoms with Crippen LogP contribution < -0.4 is 15.2 Å². The van der Waals surface area contributed by atoms with Gasteiger partial charge >= 0.3 is 0 Å². The Bertz CT molecular complexity index is 432. The summed E-state index contributed by atoms with van der Waals surface area (Å²) in [6.07, 6.45) is 1.19. The molecule has 0 bridgehead atoms. The Morgan fingerprint density at radius 3 is 2.78 bits per heavy atom. The Balaban J connectivity index is 2.44. The summed E-state index contributed by atoms with van der Waals surface area (Å²) in [7, 11) is 5.75. The highest BCUT2D eigenvalue weighted by atomic mass is 16.5. The van der Waals surface area contributed by atoms with E-state index in [9.17, 15) is 0 Å². The number of hydrogen-bond acceptors (Lipinski definition) is 4. The molecule has 18 heavy (non-hydrogen) atoms. The summed E-state index contributed by atoms with van der Waals surface area (Å²) in [5.74, 6) is 1.87. The third-order valence-electron chi connectivity index (χ3n) is 3.45. The molecule has 0 saturated heterocycles. The van der Waals surface area contributed by atoms with E-state index in [0.29, 0.717) is 6.54 Å². The van der Waals surface area contributed by atoms with Crippen molar-refractivity contribution in [1.29, 1.82) is 0 Å².